The largest absolute Gasteiger partial charge is 0.495 e. The van der Waals surface area contributed by atoms with Crippen LogP contribution in [0.4, 0.5) is 5.69 Å². The lowest BCUT2D eigenvalue weighted by atomic mass is 10.0. The lowest BCUT2D eigenvalue weighted by Gasteiger charge is -2.17. The van der Waals surface area contributed by atoms with Gasteiger partial charge in [-0.2, -0.15) is 0 Å². The average Bonchev–Trinajstić information content (AvgIpc) is 3.42. The van der Waals surface area contributed by atoms with E-state index in [4.69, 9.17) is 4.74 Å². The van der Waals surface area contributed by atoms with Gasteiger partial charge in [-0.25, -0.2) is 0 Å². The number of carbonyl (C=O) groups excluding carboxylic acids is 2. The molecule has 26 heavy (non-hydrogen) atoms. The summed E-state index contributed by atoms with van der Waals surface area (Å²) in [5.41, 5.74) is 2.79. The Labute approximate surface area is 153 Å². The molecule has 0 radical (unpaired) electrons. The summed E-state index contributed by atoms with van der Waals surface area (Å²) >= 11 is 0. The summed E-state index contributed by atoms with van der Waals surface area (Å²) in [7, 11) is 1.56. The maximum absolute atomic E-state index is 12.8. The van der Waals surface area contributed by atoms with Crippen molar-refractivity contribution in [1.82, 2.24) is 5.32 Å². The first-order chi connectivity index (χ1) is 12.4. The SMILES string of the molecule is COc1ccc(C)cc1NC(=O)C1(C(=O)NCc2cccc(C)c2)CC1. The maximum atomic E-state index is 12.8. The van der Waals surface area contributed by atoms with Crippen molar-refractivity contribution in [2.24, 2.45) is 5.41 Å². The van der Waals surface area contributed by atoms with Crippen LogP contribution in [0.3, 0.4) is 0 Å². The Morgan fingerprint density at radius 3 is 2.42 bits per heavy atom. The van der Waals surface area contributed by atoms with Crippen LogP contribution in [0.25, 0.3) is 0 Å². The maximum Gasteiger partial charge on any atom is 0.240 e. The van der Waals surface area contributed by atoms with Crippen molar-refractivity contribution in [2.75, 3.05) is 12.4 Å². The third-order valence-electron chi connectivity index (χ3n) is 4.76. The van der Waals surface area contributed by atoms with E-state index in [-0.39, 0.29) is 11.8 Å². The molecule has 1 aliphatic rings. The molecule has 0 spiro atoms. The number of methoxy groups -OCH3 is 1. The van der Waals surface area contributed by atoms with Gasteiger partial charge < -0.3 is 15.4 Å². The molecule has 0 aromatic heterocycles. The molecule has 1 aliphatic carbocycles. The van der Waals surface area contributed by atoms with Crippen LogP contribution in [0, 0.1) is 19.3 Å². The molecule has 0 heterocycles. The minimum atomic E-state index is -0.974. The second-order valence-corrected chi connectivity index (χ2v) is 6.91. The number of hydrogen-bond donors (Lipinski definition) is 2. The van der Waals surface area contributed by atoms with Crippen molar-refractivity contribution in [3.8, 4) is 5.75 Å². The van der Waals surface area contributed by atoms with E-state index < -0.39 is 5.41 Å². The molecule has 0 aliphatic heterocycles. The molecule has 0 unspecified atom stereocenters. The van der Waals surface area contributed by atoms with Crippen LogP contribution in [0.5, 0.6) is 5.75 Å². The quantitative estimate of drug-likeness (QED) is 0.784. The first kappa shape index (κ1) is 18.0. The van der Waals surface area contributed by atoms with Gasteiger partial charge in [-0.3, -0.25) is 9.59 Å². The van der Waals surface area contributed by atoms with Crippen molar-refractivity contribution < 1.29 is 14.3 Å². The molecule has 2 aromatic carbocycles. The van der Waals surface area contributed by atoms with Gasteiger partial charge in [-0.15, -0.1) is 0 Å². The highest BCUT2D eigenvalue weighted by Crippen LogP contribution is 2.47. The Hall–Kier alpha value is -2.82. The summed E-state index contributed by atoms with van der Waals surface area (Å²) < 4.78 is 5.30. The summed E-state index contributed by atoms with van der Waals surface area (Å²) in [6.45, 7) is 4.37. The van der Waals surface area contributed by atoms with Gasteiger partial charge in [0.1, 0.15) is 11.2 Å². The number of hydrogen-bond acceptors (Lipinski definition) is 3. The lowest BCUT2D eigenvalue weighted by molar-refractivity contribution is -0.134. The minimum absolute atomic E-state index is 0.219. The Morgan fingerprint density at radius 1 is 1.04 bits per heavy atom. The fraction of sp³-hybridized carbons (Fsp3) is 0.333. The number of benzene rings is 2. The minimum Gasteiger partial charge on any atom is -0.495 e. The van der Waals surface area contributed by atoms with Crippen molar-refractivity contribution >= 4 is 17.5 Å². The molecule has 3 rings (SSSR count). The summed E-state index contributed by atoms with van der Waals surface area (Å²) in [6.07, 6.45) is 1.12. The predicted octanol–water partition coefficient (Wildman–Crippen LogP) is 3.35. The molecule has 2 aromatic rings. The van der Waals surface area contributed by atoms with E-state index in [0.29, 0.717) is 30.8 Å². The molecule has 2 N–H and O–H groups in total. The zero-order valence-corrected chi connectivity index (χ0v) is 15.4. The molecule has 1 fully saturated rings. The normalized spacial score (nSPS) is 14.4. The third kappa shape index (κ3) is 3.72. The van der Waals surface area contributed by atoms with Crippen molar-refractivity contribution in [2.45, 2.75) is 33.2 Å². The second kappa shape index (κ2) is 7.20. The van der Waals surface area contributed by atoms with E-state index >= 15 is 0 Å². The van der Waals surface area contributed by atoms with E-state index in [1.807, 2.05) is 56.3 Å². The van der Waals surface area contributed by atoms with E-state index in [2.05, 4.69) is 10.6 Å². The van der Waals surface area contributed by atoms with Gasteiger partial charge in [0.15, 0.2) is 0 Å². The Kier molecular flexibility index (Phi) is 4.98. The van der Waals surface area contributed by atoms with Gasteiger partial charge in [0, 0.05) is 6.54 Å². The monoisotopic (exact) mass is 352 g/mol. The first-order valence-corrected chi connectivity index (χ1v) is 8.74. The summed E-state index contributed by atoms with van der Waals surface area (Å²) in [5.74, 6) is 0.0891. The van der Waals surface area contributed by atoms with Crippen LogP contribution in [0.15, 0.2) is 42.5 Å². The molecular formula is C21H24N2O3. The van der Waals surface area contributed by atoms with Crippen LogP contribution in [-0.4, -0.2) is 18.9 Å². The Bertz CT molecular complexity index is 841. The molecule has 136 valence electrons. The summed E-state index contributed by atoms with van der Waals surface area (Å²) in [4.78, 5) is 25.4. The molecule has 5 heteroatoms. The molecule has 0 saturated heterocycles. The van der Waals surface area contributed by atoms with Gasteiger partial charge >= 0.3 is 0 Å². The van der Waals surface area contributed by atoms with Crippen molar-refractivity contribution in [1.29, 1.82) is 0 Å². The van der Waals surface area contributed by atoms with Crippen molar-refractivity contribution in [3.63, 3.8) is 0 Å². The zero-order valence-electron chi connectivity index (χ0n) is 15.4. The fourth-order valence-corrected chi connectivity index (χ4v) is 3.02. The van der Waals surface area contributed by atoms with Crippen LogP contribution < -0.4 is 15.4 Å². The zero-order chi connectivity index (χ0) is 18.7. The molecule has 0 atom stereocenters. The van der Waals surface area contributed by atoms with Gasteiger partial charge in [0.05, 0.1) is 12.8 Å². The average molecular weight is 352 g/mol. The van der Waals surface area contributed by atoms with Crippen LogP contribution in [0.2, 0.25) is 0 Å². The number of anilines is 1. The second-order valence-electron chi connectivity index (χ2n) is 6.91. The number of rotatable bonds is 6. The standard InChI is InChI=1S/C21H24N2O3/c1-14-5-4-6-16(11-14)13-22-19(24)21(9-10-21)20(25)23-17-12-15(2)7-8-18(17)26-3/h4-8,11-12H,9-10,13H2,1-3H3,(H,22,24)(H,23,25). The van der Waals surface area contributed by atoms with Gasteiger partial charge in [-0.1, -0.05) is 35.9 Å². The number of nitrogens with one attached hydrogen (secondary N) is 2. The first-order valence-electron chi connectivity index (χ1n) is 8.74. The molecule has 5 nitrogen and oxygen atoms in total. The highest BCUT2D eigenvalue weighted by Gasteiger charge is 2.56. The van der Waals surface area contributed by atoms with Gasteiger partial charge in [0.25, 0.3) is 0 Å². The molecular weight excluding hydrogens is 328 g/mol. The summed E-state index contributed by atoms with van der Waals surface area (Å²) in [6, 6.07) is 13.5. The predicted molar refractivity (Wildman–Crippen MR) is 101 cm³/mol. The third-order valence-corrected chi connectivity index (χ3v) is 4.76. The highest BCUT2D eigenvalue weighted by molar-refractivity contribution is 6.13. The van der Waals surface area contributed by atoms with Gasteiger partial charge in [0.2, 0.25) is 11.8 Å². The number of aryl methyl sites for hydroxylation is 2. The number of ether oxygens (including phenoxy) is 1. The van der Waals surface area contributed by atoms with Crippen molar-refractivity contribution in [3.05, 3.63) is 59.2 Å². The number of amides is 2. The van der Waals surface area contributed by atoms with Crippen LogP contribution >= 0.6 is 0 Å². The van der Waals surface area contributed by atoms with Gasteiger partial charge in [-0.05, 0) is 49.9 Å². The van der Waals surface area contributed by atoms with E-state index in [0.717, 1.165) is 16.7 Å². The lowest BCUT2D eigenvalue weighted by Crippen LogP contribution is -2.39. The smallest absolute Gasteiger partial charge is 0.240 e. The molecule has 2 amide bonds. The van der Waals surface area contributed by atoms with Crippen LogP contribution in [-0.2, 0) is 16.1 Å². The van der Waals surface area contributed by atoms with E-state index in [9.17, 15) is 9.59 Å². The Morgan fingerprint density at radius 2 is 1.77 bits per heavy atom. The molecule has 1 saturated carbocycles. The topological polar surface area (TPSA) is 67.4 Å². The Balaban J connectivity index is 1.67. The highest BCUT2D eigenvalue weighted by atomic mass is 16.5. The number of carbonyl (C=O) groups is 2. The molecule has 0 bridgehead atoms. The van der Waals surface area contributed by atoms with E-state index in [1.165, 1.54) is 0 Å². The van der Waals surface area contributed by atoms with Crippen LogP contribution in [0.1, 0.15) is 29.5 Å². The summed E-state index contributed by atoms with van der Waals surface area (Å²) in [5, 5.41) is 5.77. The van der Waals surface area contributed by atoms with E-state index in [1.54, 1.807) is 7.11 Å². The fourth-order valence-electron chi connectivity index (χ4n) is 3.02.